The molecule has 3 heteroatoms. The first kappa shape index (κ1) is 14.2. The third-order valence-electron chi connectivity index (χ3n) is 4.32. The van der Waals surface area contributed by atoms with Crippen molar-refractivity contribution in [3.8, 4) is 5.75 Å². The van der Waals surface area contributed by atoms with Gasteiger partial charge in [0.2, 0.25) is 0 Å². The van der Waals surface area contributed by atoms with Gasteiger partial charge in [-0.15, -0.1) is 0 Å². The molecule has 3 nitrogen and oxygen atoms in total. The number of ether oxygens (including phenoxy) is 1. The van der Waals surface area contributed by atoms with Gasteiger partial charge in [0, 0.05) is 35.9 Å². The summed E-state index contributed by atoms with van der Waals surface area (Å²) in [6, 6.07) is 4.40. The fourth-order valence-electron chi connectivity index (χ4n) is 3.50. The van der Waals surface area contributed by atoms with Gasteiger partial charge in [-0.05, 0) is 44.7 Å². The first-order valence-corrected chi connectivity index (χ1v) is 7.13. The van der Waals surface area contributed by atoms with Crippen LogP contribution in [0.4, 0.5) is 5.69 Å². The number of benzene rings is 1. The molecule has 0 saturated carbocycles. The SMILES string of the molecule is CCN1c2cc(OC)c(CN)cc2[C@H](C)CC1(C)C. The summed E-state index contributed by atoms with van der Waals surface area (Å²) in [5, 5.41) is 0. The lowest BCUT2D eigenvalue weighted by Gasteiger charge is -2.47. The number of nitrogens with two attached hydrogens (primary N) is 1. The maximum atomic E-state index is 5.83. The second-order valence-corrected chi connectivity index (χ2v) is 6.09. The maximum absolute atomic E-state index is 5.83. The Labute approximate surface area is 116 Å². The third-order valence-corrected chi connectivity index (χ3v) is 4.32. The summed E-state index contributed by atoms with van der Waals surface area (Å²) in [6.07, 6.45) is 1.17. The number of nitrogens with zero attached hydrogens (tertiary/aromatic N) is 1. The van der Waals surface area contributed by atoms with Gasteiger partial charge in [0.05, 0.1) is 7.11 Å². The second-order valence-electron chi connectivity index (χ2n) is 6.09. The van der Waals surface area contributed by atoms with Crippen LogP contribution in [0.2, 0.25) is 0 Å². The monoisotopic (exact) mass is 262 g/mol. The van der Waals surface area contributed by atoms with Gasteiger partial charge in [0.15, 0.2) is 0 Å². The van der Waals surface area contributed by atoms with Crippen molar-refractivity contribution in [2.75, 3.05) is 18.6 Å². The molecule has 0 fully saturated rings. The largest absolute Gasteiger partial charge is 0.496 e. The number of methoxy groups -OCH3 is 1. The van der Waals surface area contributed by atoms with Crippen LogP contribution in [0.5, 0.6) is 5.75 Å². The molecule has 0 bridgehead atoms. The van der Waals surface area contributed by atoms with Crippen molar-refractivity contribution in [3.05, 3.63) is 23.3 Å². The van der Waals surface area contributed by atoms with E-state index in [9.17, 15) is 0 Å². The number of fused-ring (bicyclic) bond motifs is 1. The van der Waals surface area contributed by atoms with Crippen LogP contribution >= 0.6 is 0 Å². The lowest BCUT2D eigenvalue weighted by Crippen LogP contribution is -2.48. The highest BCUT2D eigenvalue weighted by Gasteiger charge is 2.36. The van der Waals surface area contributed by atoms with Gasteiger partial charge in [0.1, 0.15) is 5.75 Å². The predicted octanol–water partition coefficient (Wildman–Crippen LogP) is 3.27. The topological polar surface area (TPSA) is 38.5 Å². The molecule has 1 aliphatic rings. The Hall–Kier alpha value is -1.22. The predicted molar refractivity (Wildman–Crippen MR) is 81.0 cm³/mol. The molecular weight excluding hydrogens is 236 g/mol. The van der Waals surface area contributed by atoms with Crippen LogP contribution in [0.1, 0.15) is 51.2 Å². The lowest BCUT2D eigenvalue weighted by atomic mass is 9.79. The van der Waals surface area contributed by atoms with Gasteiger partial charge in [0.25, 0.3) is 0 Å². The molecule has 2 rings (SSSR count). The molecular formula is C16H26N2O. The zero-order valence-electron chi connectivity index (χ0n) is 12.8. The van der Waals surface area contributed by atoms with E-state index in [0.717, 1.165) is 17.9 Å². The van der Waals surface area contributed by atoms with Crippen LogP contribution in [0.15, 0.2) is 12.1 Å². The molecule has 0 radical (unpaired) electrons. The molecule has 0 aromatic heterocycles. The normalized spacial score (nSPS) is 21.2. The van der Waals surface area contributed by atoms with Crippen LogP contribution in [-0.2, 0) is 6.54 Å². The van der Waals surface area contributed by atoms with E-state index in [-0.39, 0.29) is 5.54 Å². The first-order chi connectivity index (χ1) is 8.94. The zero-order valence-corrected chi connectivity index (χ0v) is 12.8. The Morgan fingerprint density at radius 2 is 2.11 bits per heavy atom. The van der Waals surface area contributed by atoms with Gasteiger partial charge in [-0.3, -0.25) is 0 Å². The molecule has 1 atom stereocenters. The van der Waals surface area contributed by atoms with Crippen molar-refractivity contribution in [2.24, 2.45) is 5.73 Å². The quantitative estimate of drug-likeness (QED) is 0.908. The van der Waals surface area contributed by atoms with Crippen molar-refractivity contribution in [1.29, 1.82) is 0 Å². The minimum absolute atomic E-state index is 0.191. The van der Waals surface area contributed by atoms with E-state index in [2.05, 4.69) is 44.7 Å². The van der Waals surface area contributed by atoms with Crippen LogP contribution < -0.4 is 15.4 Å². The van der Waals surface area contributed by atoms with E-state index in [1.165, 1.54) is 17.7 Å². The van der Waals surface area contributed by atoms with E-state index >= 15 is 0 Å². The summed E-state index contributed by atoms with van der Waals surface area (Å²) in [5.74, 6) is 1.47. The van der Waals surface area contributed by atoms with Gasteiger partial charge in [-0.1, -0.05) is 6.92 Å². The number of anilines is 1. The minimum atomic E-state index is 0.191. The van der Waals surface area contributed by atoms with Crippen LogP contribution in [-0.4, -0.2) is 19.2 Å². The van der Waals surface area contributed by atoms with Gasteiger partial charge < -0.3 is 15.4 Å². The summed E-state index contributed by atoms with van der Waals surface area (Å²) >= 11 is 0. The van der Waals surface area contributed by atoms with Crippen molar-refractivity contribution in [1.82, 2.24) is 0 Å². The molecule has 1 aromatic rings. The van der Waals surface area contributed by atoms with E-state index in [1.54, 1.807) is 7.11 Å². The minimum Gasteiger partial charge on any atom is -0.496 e. The second kappa shape index (κ2) is 5.04. The first-order valence-electron chi connectivity index (χ1n) is 7.13. The molecule has 2 N–H and O–H groups in total. The summed E-state index contributed by atoms with van der Waals surface area (Å²) in [7, 11) is 1.72. The molecule has 1 aliphatic heterocycles. The van der Waals surface area contributed by atoms with E-state index < -0.39 is 0 Å². The molecule has 0 unspecified atom stereocenters. The number of hydrogen-bond donors (Lipinski definition) is 1. The Morgan fingerprint density at radius 3 is 2.63 bits per heavy atom. The zero-order chi connectivity index (χ0) is 14.2. The average molecular weight is 262 g/mol. The van der Waals surface area contributed by atoms with Crippen molar-refractivity contribution < 1.29 is 4.74 Å². The Balaban J connectivity index is 2.60. The third kappa shape index (κ3) is 2.32. The molecule has 19 heavy (non-hydrogen) atoms. The lowest BCUT2D eigenvalue weighted by molar-refractivity contribution is 0.376. The highest BCUT2D eigenvalue weighted by atomic mass is 16.5. The van der Waals surface area contributed by atoms with E-state index in [0.29, 0.717) is 12.5 Å². The van der Waals surface area contributed by atoms with E-state index in [4.69, 9.17) is 10.5 Å². The van der Waals surface area contributed by atoms with Crippen LogP contribution in [0.3, 0.4) is 0 Å². The standard InChI is InChI=1S/C16H26N2O/c1-6-18-14-8-15(19-5)12(10-17)7-13(14)11(2)9-16(18,3)4/h7-8,11H,6,9-10,17H2,1-5H3/t11-/m1/s1. The average Bonchev–Trinajstić information content (AvgIpc) is 2.36. The van der Waals surface area contributed by atoms with Crippen molar-refractivity contribution >= 4 is 5.69 Å². The summed E-state index contributed by atoms with van der Waals surface area (Å²) < 4.78 is 5.49. The number of hydrogen-bond acceptors (Lipinski definition) is 3. The Bertz CT molecular complexity index is 468. The van der Waals surface area contributed by atoms with Gasteiger partial charge in [-0.2, -0.15) is 0 Å². The molecule has 0 amide bonds. The summed E-state index contributed by atoms with van der Waals surface area (Å²) in [4.78, 5) is 2.48. The van der Waals surface area contributed by atoms with Gasteiger partial charge >= 0.3 is 0 Å². The fraction of sp³-hybridized carbons (Fsp3) is 0.625. The maximum Gasteiger partial charge on any atom is 0.125 e. The van der Waals surface area contributed by atoms with Crippen molar-refractivity contribution in [3.63, 3.8) is 0 Å². The van der Waals surface area contributed by atoms with Gasteiger partial charge in [-0.25, -0.2) is 0 Å². The highest BCUT2D eigenvalue weighted by molar-refractivity contribution is 5.64. The van der Waals surface area contributed by atoms with E-state index in [1.807, 2.05) is 0 Å². The summed E-state index contributed by atoms with van der Waals surface area (Å²) in [6.45, 7) is 10.7. The van der Waals surface area contributed by atoms with Crippen LogP contribution in [0, 0.1) is 0 Å². The molecule has 1 aromatic carbocycles. The van der Waals surface area contributed by atoms with Crippen molar-refractivity contribution in [2.45, 2.75) is 52.1 Å². The molecule has 1 heterocycles. The Kier molecular flexibility index (Phi) is 3.77. The highest BCUT2D eigenvalue weighted by Crippen LogP contribution is 2.45. The Morgan fingerprint density at radius 1 is 1.42 bits per heavy atom. The molecule has 0 saturated heterocycles. The molecule has 0 aliphatic carbocycles. The smallest absolute Gasteiger partial charge is 0.125 e. The fourth-order valence-corrected chi connectivity index (χ4v) is 3.50. The van der Waals surface area contributed by atoms with Crippen LogP contribution in [0.25, 0.3) is 0 Å². The molecule has 106 valence electrons. The summed E-state index contributed by atoms with van der Waals surface area (Å²) in [5.41, 5.74) is 9.83. The number of rotatable bonds is 3. The molecule has 0 spiro atoms.